The summed E-state index contributed by atoms with van der Waals surface area (Å²) in [5.74, 6) is 1.63. The second kappa shape index (κ2) is 6.96. The van der Waals surface area contributed by atoms with E-state index in [4.69, 9.17) is 4.74 Å². The van der Waals surface area contributed by atoms with Gasteiger partial charge in [0.15, 0.2) is 0 Å². The molecule has 2 aliphatic rings. The van der Waals surface area contributed by atoms with Gasteiger partial charge in [-0.1, -0.05) is 25.1 Å². The van der Waals surface area contributed by atoms with Crippen molar-refractivity contribution in [3.63, 3.8) is 0 Å². The molecule has 24 heavy (non-hydrogen) atoms. The number of hydrogen-bond acceptors (Lipinski definition) is 2. The fourth-order valence-electron chi connectivity index (χ4n) is 4.30. The maximum atomic E-state index is 12.6. The molecule has 1 saturated carbocycles. The molecule has 0 aromatic heterocycles. The highest BCUT2D eigenvalue weighted by Gasteiger charge is 2.40. The number of ketones is 1. The zero-order valence-corrected chi connectivity index (χ0v) is 14.9. The molecule has 2 heteroatoms. The molecule has 0 radical (unpaired) electrons. The highest BCUT2D eigenvalue weighted by atomic mass is 16.5. The predicted octanol–water partition coefficient (Wildman–Crippen LogP) is 5.37. The van der Waals surface area contributed by atoms with E-state index < -0.39 is 0 Å². The minimum absolute atomic E-state index is 0.281. The van der Waals surface area contributed by atoms with Gasteiger partial charge >= 0.3 is 0 Å². The number of Topliss-reactive ketones (excluding diaryl/α,β-unsaturated/α-hetero) is 1. The van der Waals surface area contributed by atoms with E-state index in [0.29, 0.717) is 11.7 Å². The van der Waals surface area contributed by atoms with Crippen LogP contribution in [0.1, 0.15) is 56.6 Å². The van der Waals surface area contributed by atoms with E-state index in [-0.39, 0.29) is 5.41 Å². The Balaban J connectivity index is 1.87. The standard InChI is InChI=1S/C22H28O2/c1-4-18-9-6-10-21(23)22(18,2)14-13-16-7-5-8-17-15-19(24-3)11-12-20(16)17/h4,11-13,15,18H,1,5-10,14H2,2-3H3/b16-13-/t18?,22-/m1/s1. The Morgan fingerprint density at radius 2 is 2.12 bits per heavy atom. The largest absolute Gasteiger partial charge is 0.497 e. The Labute approximate surface area is 145 Å². The number of ether oxygens (including phenoxy) is 1. The average molecular weight is 324 g/mol. The van der Waals surface area contributed by atoms with Gasteiger partial charge in [0.2, 0.25) is 0 Å². The molecule has 0 spiro atoms. The van der Waals surface area contributed by atoms with Gasteiger partial charge in [0.05, 0.1) is 7.11 Å². The van der Waals surface area contributed by atoms with Crippen molar-refractivity contribution in [1.82, 2.24) is 0 Å². The number of benzene rings is 1. The summed E-state index contributed by atoms with van der Waals surface area (Å²) < 4.78 is 5.35. The second-order valence-corrected chi connectivity index (χ2v) is 7.39. The van der Waals surface area contributed by atoms with Gasteiger partial charge in [-0.15, -0.1) is 6.58 Å². The summed E-state index contributed by atoms with van der Waals surface area (Å²) >= 11 is 0. The summed E-state index contributed by atoms with van der Waals surface area (Å²) in [6.07, 6.45) is 11.3. The molecule has 128 valence electrons. The Morgan fingerprint density at radius 3 is 2.88 bits per heavy atom. The number of aryl methyl sites for hydroxylation is 1. The maximum absolute atomic E-state index is 12.6. The summed E-state index contributed by atoms with van der Waals surface area (Å²) in [7, 11) is 1.71. The first-order valence-electron chi connectivity index (χ1n) is 9.10. The number of carbonyl (C=O) groups is 1. The third-order valence-corrected chi connectivity index (χ3v) is 5.98. The maximum Gasteiger partial charge on any atom is 0.139 e. The number of allylic oxidation sites excluding steroid dienone is 3. The SMILES string of the molecule is C=CC1CCCC(=O)[C@]1(C)C/C=C1/CCCc2cc(OC)ccc21. The van der Waals surface area contributed by atoms with Crippen molar-refractivity contribution in [3.8, 4) is 5.75 Å². The van der Waals surface area contributed by atoms with Crippen LogP contribution in [0.4, 0.5) is 0 Å². The molecule has 1 fully saturated rings. The van der Waals surface area contributed by atoms with Gasteiger partial charge < -0.3 is 4.74 Å². The molecule has 1 unspecified atom stereocenters. The lowest BCUT2D eigenvalue weighted by Crippen LogP contribution is -2.38. The summed E-state index contributed by atoms with van der Waals surface area (Å²) in [5.41, 5.74) is 3.81. The molecule has 0 aliphatic heterocycles. The first kappa shape index (κ1) is 17.0. The molecule has 3 rings (SSSR count). The van der Waals surface area contributed by atoms with Crippen LogP contribution < -0.4 is 4.74 Å². The number of methoxy groups -OCH3 is 1. The van der Waals surface area contributed by atoms with E-state index in [0.717, 1.165) is 44.3 Å². The summed E-state index contributed by atoms with van der Waals surface area (Å²) in [6.45, 7) is 6.11. The van der Waals surface area contributed by atoms with Crippen molar-refractivity contribution in [1.29, 1.82) is 0 Å². The molecule has 2 atom stereocenters. The van der Waals surface area contributed by atoms with Crippen molar-refractivity contribution in [2.24, 2.45) is 11.3 Å². The molecule has 0 saturated heterocycles. The van der Waals surface area contributed by atoms with Crippen molar-refractivity contribution in [2.75, 3.05) is 7.11 Å². The van der Waals surface area contributed by atoms with Crippen molar-refractivity contribution in [3.05, 3.63) is 48.1 Å². The molecule has 1 aromatic carbocycles. The highest BCUT2D eigenvalue weighted by Crippen LogP contribution is 2.43. The monoisotopic (exact) mass is 324 g/mol. The first-order valence-corrected chi connectivity index (χ1v) is 9.10. The summed E-state index contributed by atoms with van der Waals surface area (Å²) in [5, 5.41) is 0. The molecule has 0 bridgehead atoms. The van der Waals surface area contributed by atoms with Gasteiger partial charge in [0.25, 0.3) is 0 Å². The Hall–Kier alpha value is -1.83. The number of carbonyl (C=O) groups excluding carboxylic acids is 1. The summed E-state index contributed by atoms with van der Waals surface area (Å²) in [4.78, 5) is 12.6. The van der Waals surface area contributed by atoms with Gasteiger partial charge in [-0.05, 0) is 73.3 Å². The number of hydrogen-bond donors (Lipinski definition) is 0. The third-order valence-electron chi connectivity index (χ3n) is 5.98. The Bertz CT molecular complexity index is 671. The van der Waals surface area contributed by atoms with Gasteiger partial charge in [-0.25, -0.2) is 0 Å². The van der Waals surface area contributed by atoms with Gasteiger partial charge in [0, 0.05) is 11.8 Å². The molecule has 0 amide bonds. The van der Waals surface area contributed by atoms with E-state index in [1.165, 1.54) is 23.1 Å². The van der Waals surface area contributed by atoms with E-state index in [1.807, 2.05) is 12.1 Å². The molecule has 2 nitrogen and oxygen atoms in total. The molecule has 0 N–H and O–H groups in total. The average Bonchev–Trinajstić information content (AvgIpc) is 2.61. The Morgan fingerprint density at radius 1 is 1.29 bits per heavy atom. The predicted molar refractivity (Wildman–Crippen MR) is 99.2 cm³/mol. The van der Waals surface area contributed by atoms with Crippen LogP contribution >= 0.6 is 0 Å². The second-order valence-electron chi connectivity index (χ2n) is 7.39. The zero-order chi connectivity index (χ0) is 17.2. The quantitative estimate of drug-likeness (QED) is 0.696. The lowest BCUT2D eigenvalue weighted by molar-refractivity contribution is -0.132. The topological polar surface area (TPSA) is 26.3 Å². The third kappa shape index (κ3) is 3.07. The van der Waals surface area contributed by atoms with Crippen LogP contribution in [0.2, 0.25) is 0 Å². The van der Waals surface area contributed by atoms with E-state index in [2.05, 4.69) is 31.7 Å². The molecule has 0 heterocycles. The first-order chi connectivity index (χ1) is 11.6. The van der Waals surface area contributed by atoms with Crippen LogP contribution in [0, 0.1) is 11.3 Å². The lowest BCUT2D eigenvalue weighted by atomic mass is 9.64. The van der Waals surface area contributed by atoms with Crippen LogP contribution in [0.15, 0.2) is 36.9 Å². The van der Waals surface area contributed by atoms with Crippen LogP contribution in [0.25, 0.3) is 5.57 Å². The van der Waals surface area contributed by atoms with Crippen molar-refractivity contribution in [2.45, 2.75) is 51.9 Å². The van der Waals surface area contributed by atoms with E-state index in [1.54, 1.807) is 7.11 Å². The minimum Gasteiger partial charge on any atom is -0.497 e. The molecule has 1 aromatic rings. The fourth-order valence-corrected chi connectivity index (χ4v) is 4.30. The zero-order valence-electron chi connectivity index (χ0n) is 14.9. The van der Waals surface area contributed by atoms with Gasteiger partial charge in [-0.3, -0.25) is 4.79 Å². The van der Waals surface area contributed by atoms with Crippen LogP contribution in [0.3, 0.4) is 0 Å². The Kier molecular flexibility index (Phi) is 4.93. The van der Waals surface area contributed by atoms with Crippen LogP contribution in [-0.4, -0.2) is 12.9 Å². The van der Waals surface area contributed by atoms with Crippen LogP contribution in [-0.2, 0) is 11.2 Å². The van der Waals surface area contributed by atoms with Gasteiger partial charge in [0.1, 0.15) is 11.5 Å². The van der Waals surface area contributed by atoms with Crippen molar-refractivity contribution < 1.29 is 9.53 Å². The summed E-state index contributed by atoms with van der Waals surface area (Å²) in [6, 6.07) is 6.37. The smallest absolute Gasteiger partial charge is 0.139 e. The minimum atomic E-state index is -0.281. The molecular formula is C22H28O2. The number of rotatable bonds is 4. The van der Waals surface area contributed by atoms with Crippen molar-refractivity contribution >= 4 is 11.4 Å². The van der Waals surface area contributed by atoms with Crippen LogP contribution in [0.5, 0.6) is 5.75 Å². The highest BCUT2D eigenvalue weighted by molar-refractivity contribution is 5.86. The fraction of sp³-hybridized carbons (Fsp3) is 0.500. The number of fused-ring (bicyclic) bond motifs is 1. The molecule has 2 aliphatic carbocycles. The molecular weight excluding hydrogens is 296 g/mol. The van der Waals surface area contributed by atoms with E-state index in [9.17, 15) is 4.79 Å². The van der Waals surface area contributed by atoms with Gasteiger partial charge in [-0.2, -0.15) is 0 Å². The van der Waals surface area contributed by atoms with E-state index >= 15 is 0 Å². The lowest BCUT2D eigenvalue weighted by Gasteiger charge is -2.38. The normalized spacial score (nSPS) is 28.5.